The van der Waals surface area contributed by atoms with Crippen molar-refractivity contribution in [3.8, 4) is 5.75 Å². The number of hydrogen-bond acceptors (Lipinski definition) is 3. The maximum Gasteiger partial charge on any atom is 0.165 e. The van der Waals surface area contributed by atoms with E-state index in [1.165, 1.54) is 12.1 Å². The molecule has 0 aliphatic heterocycles. The van der Waals surface area contributed by atoms with Gasteiger partial charge < -0.3 is 15.2 Å². The number of aryl methyl sites for hydroxylation is 1. The molecule has 112 valence electrons. The van der Waals surface area contributed by atoms with Gasteiger partial charge >= 0.3 is 0 Å². The third-order valence-corrected chi connectivity index (χ3v) is 3.48. The van der Waals surface area contributed by atoms with Crippen LogP contribution in [0.25, 0.3) is 0 Å². The van der Waals surface area contributed by atoms with Gasteiger partial charge in [0.1, 0.15) is 12.7 Å². The summed E-state index contributed by atoms with van der Waals surface area (Å²) in [5.74, 6) is -0.280. The first-order valence-corrected chi connectivity index (χ1v) is 7.41. The number of halogens is 2. The van der Waals surface area contributed by atoms with Crippen LogP contribution in [0, 0.1) is 12.7 Å². The molecule has 0 spiro atoms. The first kappa shape index (κ1) is 15.8. The number of para-hydroxylation sites is 1. The van der Waals surface area contributed by atoms with Gasteiger partial charge in [0.05, 0.1) is 0 Å². The lowest BCUT2D eigenvalue weighted by molar-refractivity contribution is 0.115. The van der Waals surface area contributed by atoms with Crippen molar-refractivity contribution in [1.82, 2.24) is 0 Å². The van der Waals surface area contributed by atoms with Crippen LogP contribution in [0.2, 0.25) is 0 Å². The van der Waals surface area contributed by atoms with E-state index in [4.69, 9.17) is 4.74 Å². The summed E-state index contributed by atoms with van der Waals surface area (Å²) >= 11 is 3.40. The summed E-state index contributed by atoms with van der Waals surface area (Å²) in [6.45, 7) is 2.34. The van der Waals surface area contributed by atoms with Crippen molar-refractivity contribution in [3.05, 3.63) is 58.3 Å². The molecule has 0 saturated heterocycles. The van der Waals surface area contributed by atoms with Gasteiger partial charge in [0, 0.05) is 16.7 Å². The monoisotopic (exact) mass is 353 g/mol. The van der Waals surface area contributed by atoms with Crippen molar-refractivity contribution in [1.29, 1.82) is 0 Å². The molecule has 3 nitrogen and oxygen atoms in total. The molecule has 0 aromatic heterocycles. The lowest BCUT2D eigenvalue weighted by Gasteiger charge is -2.15. The third kappa shape index (κ3) is 4.72. The molecule has 0 saturated carbocycles. The lowest BCUT2D eigenvalue weighted by atomic mass is 10.2. The Morgan fingerprint density at radius 1 is 1.29 bits per heavy atom. The Bertz CT molecular complexity index is 607. The summed E-state index contributed by atoms with van der Waals surface area (Å²) in [4.78, 5) is 0. The summed E-state index contributed by atoms with van der Waals surface area (Å²) in [7, 11) is 0. The van der Waals surface area contributed by atoms with Gasteiger partial charge in [-0.1, -0.05) is 28.1 Å². The standard InChI is InChI=1S/C16H17BrFNO2/c1-11-8-12(17)6-7-15(11)19-9-13(20)10-21-16-5-3-2-4-14(16)18/h2-8,13,19-20H,9-10H2,1H3. The van der Waals surface area contributed by atoms with E-state index < -0.39 is 11.9 Å². The first-order chi connectivity index (χ1) is 10.1. The fourth-order valence-electron chi connectivity index (χ4n) is 1.86. The molecular weight excluding hydrogens is 337 g/mol. The first-order valence-electron chi connectivity index (χ1n) is 6.61. The van der Waals surface area contributed by atoms with E-state index >= 15 is 0 Å². The summed E-state index contributed by atoms with van der Waals surface area (Å²) in [5.41, 5.74) is 2.02. The van der Waals surface area contributed by atoms with Crippen molar-refractivity contribution in [2.24, 2.45) is 0 Å². The van der Waals surface area contributed by atoms with E-state index in [-0.39, 0.29) is 12.4 Å². The molecule has 2 aromatic carbocycles. The van der Waals surface area contributed by atoms with Gasteiger partial charge in [0.15, 0.2) is 11.6 Å². The van der Waals surface area contributed by atoms with Gasteiger partial charge in [-0.15, -0.1) is 0 Å². The summed E-state index contributed by atoms with van der Waals surface area (Å²) in [5, 5.41) is 13.0. The van der Waals surface area contributed by atoms with Gasteiger partial charge in [-0.2, -0.15) is 0 Å². The summed E-state index contributed by atoms with van der Waals surface area (Å²) in [6.07, 6.45) is -0.729. The van der Waals surface area contributed by atoms with E-state index in [1.54, 1.807) is 12.1 Å². The fraction of sp³-hybridized carbons (Fsp3) is 0.250. The normalized spacial score (nSPS) is 12.0. The zero-order chi connectivity index (χ0) is 15.2. The van der Waals surface area contributed by atoms with Crippen molar-refractivity contribution in [2.45, 2.75) is 13.0 Å². The Hall–Kier alpha value is -1.59. The molecule has 2 N–H and O–H groups in total. The number of rotatable bonds is 6. The van der Waals surface area contributed by atoms with Crippen LogP contribution < -0.4 is 10.1 Å². The molecule has 0 bridgehead atoms. The molecule has 21 heavy (non-hydrogen) atoms. The van der Waals surface area contributed by atoms with Gasteiger partial charge in [0.2, 0.25) is 0 Å². The number of benzene rings is 2. The Balaban J connectivity index is 1.82. The minimum atomic E-state index is -0.729. The Labute approximate surface area is 131 Å². The zero-order valence-corrected chi connectivity index (χ0v) is 13.2. The molecular formula is C16H17BrFNO2. The van der Waals surface area contributed by atoms with E-state index in [1.807, 2.05) is 25.1 Å². The smallest absolute Gasteiger partial charge is 0.165 e. The zero-order valence-electron chi connectivity index (χ0n) is 11.6. The molecule has 1 unspecified atom stereocenters. The quantitative estimate of drug-likeness (QED) is 0.830. The number of nitrogens with one attached hydrogen (secondary N) is 1. The molecule has 0 radical (unpaired) electrons. The predicted octanol–water partition coefficient (Wildman–Crippen LogP) is 3.75. The Kier molecular flexibility index (Phi) is 5.59. The third-order valence-electron chi connectivity index (χ3n) is 2.98. The fourth-order valence-corrected chi connectivity index (χ4v) is 2.34. The highest BCUT2D eigenvalue weighted by Crippen LogP contribution is 2.20. The van der Waals surface area contributed by atoms with Gasteiger partial charge in [-0.3, -0.25) is 0 Å². The maximum absolute atomic E-state index is 13.4. The molecule has 2 rings (SSSR count). The van der Waals surface area contributed by atoms with Crippen LogP contribution in [0.5, 0.6) is 5.75 Å². The molecule has 0 aliphatic carbocycles. The average molecular weight is 354 g/mol. The maximum atomic E-state index is 13.4. The second-order valence-electron chi connectivity index (χ2n) is 4.74. The van der Waals surface area contributed by atoms with Crippen LogP contribution in [-0.4, -0.2) is 24.4 Å². The van der Waals surface area contributed by atoms with Crippen LogP contribution in [0.4, 0.5) is 10.1 Å². The van der Waals surface area contributed by atoms with E-state index in [9.17, 15) is 9.50 Å². The van der Waals surface area contributed by atoms with Crippen LogP contribution >= 0.6 is 15.9 Å². The van der Waals surface area contributed by atoms with Gasteiger partial charge in [0.25, 0.3) is 0 Å². The van der Waals surface area contributed by atoms with E-state index in [0.29, 0.717) is 6.54 Å². The SMILES string of the molecule is Cc1cc(Br)ccc1NCC(O)COc1ccccc1F. The number of anilines is 1. The lowest BCUT2D eigenvalue weighted by Crippen LogP contribution is -2.26. The Morgan fingerprint density at radius 3 is 2.76 bits per heavy atom. The van der Waals surface area contributed by atoms with Crippen molar-refractivity contribution >= 4 is 21.6 Å². The Morgan fingerprint density at radius 2 is 2.05 bits per heavy atom. The molecule has 1 atom stereocenters. The highest BCUT2D eigenvalue weighted by Gasteiger charge is 2.08. The second kappa shape index (κ2) is 7.43. The number of hydrogen-bond donors (Lipinski definition) is 2. The second-order valence-corrected chi connectivity index (χ2v) is 5.65. The highest BCUT2D eigenvalue weighted by molar-refractivity contribution is 9.10. The van der Waals surface area contributed by atoms with Crippen LogP contribution in [0.3, 0.4) is 0 Å². The summed E-state index contributed by atoms with van der Waals surface area (Å²) < 4.78 is 19.6. The molecule has 0 fully saturated rings. The number of aliphatic hydroxyl groups excluding tert-OH is 1. The highest BCUT2D eigenvalue weighted by atomic mass is 79.9. The van der Waals surface area contributed by atoms with Gasteiger partial charge in [-0.05, 0) is 42.8 Å². The number of ether oxygens (including phenoxy) is 1. The molecule has 0 amide bonds. The van der Waals surface area contributed by atoms with E-state index in [2.05, 4.69) is 21.2 Å². The van der Waals surface area contributed by atoms with Crippen LogP contribution in [-0.2, 0) is 0 Å². The average Bonchev–Trinajstić information content (AvgIpc) is 2.45. The van der Waals surface area contributed by atoms with Crippen LogP contribution in [0.15, 0.2) is 46.9 Å². The largest absolute Gasteiger partial charge is 0.488 e. The molecule has 5 heteroatoms. The molecule has 2 aromatic rings. The number of aliphatic hydroxyl groups is 1. The van der Waals surface area contributed by atoms with E-state index in [0.717, 1.165) is 15.7 Å². The van der Waals surface area contributed by atoms with Crippen molar-refractivity contribution in [2.75, 3.05) is 18.5 Å². The predicted molar refractivity (Wildman–Crippen MR) is 85.3 cm³/mol. The summed E-state index contributed by atoms with van der Waals surface area (Å²) in [6, 6.07) is 12.0. The topological polar surface area (TPSA) is 41.5 Å². The van der Waals surface area contributed by atoms with Crippen LogP contribution in [0.1, 0.15) is 5.56 Å². The molecule has 0 aliphatic rings. The minimum absolute atomic E-state index is 0.0313. The van der Waals surface area contributed by atoms with Gasteiger partial charge in [-0.25, -0.2) is 4.39 Å². The van der Waals surface area contributed by atoms with Crippen molar-refractivity contribution in [3.63, 3.8) is 0 Å². The molecule has 0 heterocycles. The van der Waals surface area contributed by atoms with Crippen molar-refractivity contribution < 1.29 is 14.2 Å². The minimum Gasteiger partial charge on any atom is -0.488 e.